The first-order valence-electron chi connectivity index (χ1n) is 17.3. The van der Waals surface area contributed by atoms with Crippen molar-refractivity contribution in [3.8, 4) is 0 Å². The zero-order valence-electron chi connectivity index (χ0n) is 29.1. The quantitative estimate of drug-likeness (QED) is 0.220. The molecule has 12 unspecified atom stereocenters. The van der Waals surface area contributed by atoms with Crippen LogP contribution in [0.15, 0.2) is 23.0 Å². The van der Waals surface area contributed by atoms with Crippen molar-refractivity contribution in [3.05, 3.63) is 24.2 Å². The Morgan fingerprint density at radius 3 is 2.29 bits per heavy atom. The fourth-order valence-corrected chi connectivity index (χ4v) is 12.1. The monoisotopic (exact) mass is 684 g/mol. The van der Waals surface area contributed by atoms with Crippen molar-refractivity contribution in [2.24, 2.45) is 39.9 Å². The third-order valence-electron chi connectivity index (χ3n) is 14.0. The van der Waals surface area contributed by atoms with E-state index in [2.05, 4.69) is 0 Å². The number of hydrogen-bond donors (Lipinski definition) is 0. The van der Waals surface area contributed by atoms with Crippen LogP contribution in [0.4, 0.5) is 0 Å². The van der Waals surface area contributed by atoms with Gasteiger partial charge in [0.15, 0.2) is 18.0 Å². The molecule has 7 fully saturated rings. The lowest BCUT2D eigenvalue weighted by molar-refractivity contribution is -0.450. The van der Waals surface area contributed by atoms with E-state index < -0.39 is 105 Å². The zero-order valence-corrected chi connectivity index (χ0v) is 29.1. The van der Waals surface area contributed by atoms with E-state index in [0.29, 0.717) is 12.0 Å². The maximum atomic E-state index is 14.5. The molecule has 13 heteroatoms. The Hall–Kier alpha value is -3.29. The van der Waals surface area contributed by atoms with E-state index in [1.54, 1.807) is 33.8 Å². The second-order valence-corrected chi connectivity index (χ2v) is 16.5. The van der Waals surface area contributed by atoms with Gasteiger partial charge in [0.1, 0.15) is 23.1 Å². The van der Waals surface area contributed by atoms with Crippen LogP contribution in [0.2, 0.25) is 0 Å². The van der Waals surface area contributed by atoms with Gasteiger partial charge >= 0.3 is 23.9 Å². The molecule has 0 N–H and O–H groups in total. The average molecular weight is 685 g/mol. The number of methoxy groups -OCH3 is 1. The first kappa shape index (κ1) is 32.9. The Balaban J connectivity index is 1.46. The summed E-state index contributed by atoms with van der Waals surface area (Å²) >= 11 is 0. The number of Topliss-reactive ketones (excluding diaryl/α,β-unsaturated/α-hetero) is 1. The van der Waals surface area contributed by atoms with Crippen LogP contribution in [0.5, 0.6) is 0 Å². The highest BCUT2D eigenvalue weighted by molar-refractivity contribution is 6.01. The van der Waals surface area contributed by atoms with Crippen molar-refractivity contribution < 1.29 is 61.5 Å². The molecule has 4 bridgehead atoms. The number of rotatable bonds is 8. The lowest BCUT2D eigenvalue weighted by Gasteiger charge is -2.77. The minimum atomic E-state index is -1.94. The number of furan rings is 1. The summed E-state index contributed by atoms with van der Waals surface area (Å²) in [5.74, 6) is -5.23. The number of carbonyl (C=O) groups is 5. The van der Waals surface area contributed by atoms with Gasteiger partial charge in [0.05, 0.1) is 37.2 Å². The molecule has 0 radical (unpaired) electrons. The minimum Gasteiger partial charge on any atom is -0.472 e. The van der Waals surface area contributed by atoms with Gasteiger partial charge in [-0.05, 0) is 31.2 Å². The van der Waals surface area contributed by atoms with Crippen LogP contribution in [0, 0.1) is 39.9 Å². The fourth-order valence-electron chi connectivity index (χ4n) is 12.1. The SMILES string of the molecule is COC(=O)CC1C2(C)CC34OC5OC67C(CC(=O)OC6C3(OC(=O)C(C)C)C2OC(=O)C(C)C)C(C)(C(=O)c2ccoc2)CCC7(O5)C14C. The predicted molar refractivity (Wildman–Crippen MR) is 163 cm³/mol. The average Bonchev–Trinajstić information content (AvgIpc) is 3.76. The van der Waals surface area contributed by atoms with Gasteiger partial charge in [-0.25, -0.2) is 0 Å². The topological polar surface area (TPSA) is 163 Å². The summed E-state index contributed by atoms with van der Waals surface area (Å²) in [6, 6.07) is 1.59. The Morgan fingerprint density at radius 2 is 1.65 bits per heavy atom. The molecule has 49 heavy (non-hydrogen) atoms. The molecule has 4 saturated carbocycles. The van der Waals surface area contributed by atoms with Gasteiger partial charge in [-0.3, -0.25) is 24.0 Å². The molecule has 1 aromatic heterocycles. The van der Waals surface area contributed by atoms with Crippen LogP contribution < -0.4 is 0 Å². The molecule has 1 aromatic rings. The first-order chi connectivity index (χ1) is 23.0. The predicted octanol–water partition coefficient (Wildman–Crippen LogP) is 3.90. The number of ether oxygens (including phenoxy) is 7. The Kier molecular flexibility index (Phi) is 6.53. The summed E-state index contributed by atoms with van der Waals surface area (Å²) in [6.07, 6.45) is 0.592. The molecule has 0 aromatic carbocycles. The zero-order chi connectivity index (χ0) is 35.3. The molecule has 0 amide bonds. The highest BCUT2D eigenvalue weighted by atomic mass is 16.9. The summed E-state index contributed by atoms with van der Waals surface area (Å²) in [4.78, 5) is 69.6. The molecule has 13 nitrogen and oxygen atoms in total. The van der Waals surface area contributed by atoms with Crippen LogP contribution in [-0.2, 0) is 52.3 Å². The summed E-state index contributed by atoms with van der Waals surface area (Å²) < 4.78 is 51.0. The van der Waals surface area contributed by atoms with Gasteiger partial charge in [0, 0.05) is 28.6 Å². The van der Waals surface area contributed by atoms with E-state index in [9.17, 15) is 24.0 Å². The van der Waals surface area contributed by atoms with E-state index in [4.69, 9.17) is 37.6 Å². The number of hydrogen-bond acceptors (Lipinski definition) is 13. The highest BCUT2D eigenvalue weighted by Gasteiger charge is 3.04. The highest BCUT2D eigenvalue weighted by Crippen LogP contribution is 2.89. The maximum Gasteiger partial charge on any atom is 0.309 e. The van der Waals surface area contributed by atoms with Gasteiger partial charge in [0.2, 0.25) is 5.60 Å². The molecule has 3 saturated heterocycles. The van der Waals surface area contributed by atoms with Crippen molar-refractivity contribution in [1.29, 1.82) is 0 Å². The van der Waals surface area contributed by atoms with Crippen molar-refractivity contribution in [2.45, 2.75) is 122 Å². The van der Waals surface area contributed by atoms with E-state index in [-0.39, 0.29) is 31.5 Å². The largest absolute Gasteiger partial charge is 0.472 e. The van der Waals surface area contributed by atoms with E-state index in [0.717, 1.165) is 0 Å². The smallest absolute Gasteiger partial charge is 0.309 e. The third kappa shape index (κ3) is 3.32. The molecule has 266 valence electrons. The minimum absolute atomic E-state index is 0.0925. The van der Waals surface area contributed by atoms with Crippen molar-refractivity contribution in [2.75, 3.05) is 7.11 Å². The van der Waals surface area contributed by atoms with Gasteiger partial charge in [-0.1, -0.05) is 48.5 Å². The van der Waals surface area contributed by atoms with Crippen molar-refractivity contribution in [3.63, 3.8) is 0 Å². The Labute approximate surface area is 283 Å². The van der Waals surface area contributed by atoms with E-state index >= 15 is 0 Å². The fraction of sp³-hybridized carbons (Fsp3) is 0.750. The lowest BCUT2D eigenvalue weighted by Crippen LogP contribution is -2.94. The number of ketones is 1. The second-order valence-electron chi connectivity index (χ2n) is 16.5. The van der Waals surface area contributed by atoms with Crippen LogP contribution in [0.3, 0.4) is 0 Å². The molecule has 4 aliphatic carbocycles. The Bertz CT molecular complexity index is 1670. The lowest BCUT2D eigenvalue weighted by atomic mass is 9.33. The normalized spacial score (nSPS) is 48.0. The molecular weight excluding hydrogens is 640 g/mol. The first-order valence-corrected chi connectivity index (χ1v) is 17.3. The summed E-state index contributed by atoms with van der Waals surface area (Å²) in [7, 11) is 1.31. The molecular formula is C36H44O13. The van der Waals surface area contributed by atoms with Crippen LogP contribution in [0.1, 0.15) is 90.9 Å². The Morgan fingerprint density at radius 1 is 0.959 bits per heavy atom. The van der Waals surface area contributed by atoms with Crippen molar-refractivity contribution in [1.82, 2.24) is 0 Å². The van der Waals surface area contributed by atoms with Gasteiger partial charge in [-0.2, -0.15) is 0 Å². The number of esters is 4. The van der Waals surface area contributed by atoms with Crippen LogP contribution in [-0.4, -0.2) is 77.9 Å². The van der Waals surface area contributed by atoms with Crippen molar-refractivity contribution >= 4 is 29.7 Å². The molecule has 4 heterocycles. The van der Waals surface area contributed by atoms with Crippen LogP contribution in [0.25, 0.3) is 0 Å². The van der Waals surface area contributed by atoms with Gasteiger partial charge in [-0.15, -0.1) is 0 Å². The van der Waals surface area contributed by atoms with Gasteiger partial charge < -0.3 is 37.6 Å². The standard InChI is InChI=1S/C36H44O13/c1-17(2)25(40)45-27-31(6)16-34-32(7,20(31)13-22(37)42-8)33-11-10-30(5,24(39)19-9-12-43-15-19)21-14-23(38)44-28(35(21,33)49-29(47-33)48-34)36(27,34)46-26(41)18(3)4/h9,12,15,17-18,20-21,27-29H,10-11,13-14,16H2,1-8H3. The summed E-state index contributed by atoms with van der Waals surface area (Å²) in [5.41, 5.74) is -9.48. The third-order valence-corrected chi connectivity index (χ3v) is 14.0. The second kappa shape index (κ2) is 9.73. The summed E-state index contributed by atoms with van der Waals surface area (Å²) in [6.45, 7) is 11.2. The number of carbonyl (C=O) groups excluding carboxylic acids is 5. The molecule has 8 rings (SSSR count). The molecule has 7 aliphatic rings. The van der Waals surface area contributed by atoms with E-state index in [1.807, 2.05) is 20.8 Å². The molecule has 12 atom stereocenters. The van der Waals surface area contributed by atoms with Crippen LogP contribution >= 0.6 is 0 Å². The van der Waals surface area contributed by atoms with Gasteiger partial charge in [0.25, 0.3) is 6.48 Å². The van der Waals surface area contributed by atoms with E-state index in [1.165, 1.54) is 19.6 Å². The number of fused-ring (bicyclic) bond motifs is 3. The molecule has 3 aliphatic heterocycles. The summed E-state index contributed by atoms with van der Waals surface area (Å²) in [5, 5.41) is 0. The maximum absolute atomic E-state index is 14.5. The molecule has 3 spiro atoms.